The smallest absolute Gasteiger partial charge is 0.0562 e. The Balaban J connectivity index is 1.21. The van der Waals surface area contributed by atoms with Crippen molar-refractivity contribution >= 4 is 49.6 Å². The Morgan fingerprint density at radius 1 is 0.333 bits per heavy atom. The van der Waals surface area contributed by atoms with Crippen molar-refractivity contribution in [2.24, 2.45) is 0 Å². The van der Waals surface area contributed by atoms with E-state index in [1.165, 1.54) is 60.4 Å². The van der Waals surface area contributed by atoms with Gasteiger partial charge in [-0.2, -0.15) is 0 Å². The molecule has 54 heavy (non-hydrogen) atoms. The van der Waals surface area contributed by atoms with Gasteiger partial charge in [-0.25, -0.2) is 0 Å². The highest BCUT2D eigenvalue weighted by molar-refractivity contribution is 6.17. The van der Waals surface area contributed by atoms with Gasteiger partial charge in [0.05, 0.1) is 22.4 Å². The van der Waals surface area contributed by atoms with Crippen LogP contribution in [0.1, 0.15) is 0 Å². The van der Waals surface area contributed by atoms with E-state index in [1.54, 1.807) is 0 Å². The van der Waals surface area contributed by atoms with Crippen LogP contribution < -0.4 is 4.90 Å². The Kier molecular flexibility index (Phi) is 7.85. The van der Waals surface area contributed by atoms with Gasteiger partial charge in [0.25, 0.3) is 0 Å². The average molecular weight is 689 g/mol. The van der Waals surface area contributed by atoms with Crippen LogP contribution in [0.5, 0.6) is 0 Å². The van der Waals surface area contributed by atoms with Crippen LogP contribution in [0.2, 0.25) is 0 Å². The molecule has 0 N–H and O–H groups in total. The first-order valence-corrected chi connectivity index (χ1v) is 18.5. The second-order valence-electron chi connectivity index (χ2n) is 13.7. The summed E-state index contributed by atoms with van der Waals surface area (Å²) in [7, 11) is 0. The van der Waals surface area contributed by atoms with Gasteiger partial charge in [-0.3, -0.25) is 0 Å². The Morgan fingerprint density at radius 3 is 1.72 bits per heavy atom. The van der Waals surface area contributed by atoms with Gasteiger partial charge in [-0.05, 0) is 87.1 Å². The molecule has 2 nitrogen and oxygen atoms in total. The molecule has 1 aromatic heterocycles. The third kappa shape index (κ3) is 5.44. The summed E-state index contributed by atoms with van der Waals surface area (Å²) in [6.45, 7) is 0. The van der Waals surface area contributed by atoms with Crippen LogP contribution >= 0.6 is 0 Å². The van der Waals surface area contributed by atoms with E-state index in [2.05, 4.69) is 228 Å². The number of nitrogens with zero attached hydrogens (tertiary/aromatic N) is 2. The van der Waals surface area contributed by atoms with Crippen LogP contribution in [-0.4, -0.2) is 4.57 Å². The molecule has 0 aliphatic carbocycles. The molecule has 0 saturated carbocycles. The molecule has 0 unspecified atom stereocenters. The van der Waals surface area contributed by atoms with Crippen LogP contribution in [0.15, 0.2) is 218 Å². The molecule has 10 rings (SSSR count). The van der Waals surface area contributed by atoms with Gasteiger partial charge in [0.2, 0.25) is 0 Å². The molecule has 0 amide bonds. The molecule has 254 valence electrons. The quantitative estimate of drug-likeness (QED) is 0.162. The maximum absolute atomic E-state index is 2.45. The summed E-state index contributed by atoms with van der Waals surface area (Å²) in [6, 6.07) is 78.9. The third-order valence-electron chi connectivity index (χ3n) is 10.6. The van der Waals surface area contributed by atoms with Gasteiger partial charge in [0.1, 0.15) is 0 Å². The number of anilines is 3. The number of para-hydroxylation sites is 2. The summed E-state index contributed by atoms with van der Waals surface area (Å²) in [6.07, 6.45) is 0. The van der Waals surface area contributed by atoms with Crippen LogP contribution in [0, 0.1) is 0 Å². The van der Waals surface area contributed by atoms with Gasteiger partial charge in [-0.1, -0.05) is 170 Å². The van der Waals surface area contributed by atoms with Gasteiger partial charge in [0.15, 0.2) is 0 Å². The van der Waals surface area contributed by atoms with E-state index in [-0.39, 0.29) is 0 Å². The monoisotopic (exact) mass is 688 g/mol. The maximum atomic E-state index is 2.45. The van der Waals surface area contributed by atoms with E-state index in [9.17, 15) is 0 Å². The Bertz CT molecular complexity index is 2920. The molecule has 9 aromatic carbocycles. The predicted molar refractivity (Wildman–Crippen MR) is 229 cm³/mol. The van der Waals surface area contributed by atoms with E-state index < -0.39 is 0 Å². The Morgan fingerprint density at radius 2 is 0.889 bits per heavy atom. The summed E-state index contributed by atoms with van der Waals surface area (Å²) in [5.41, 5.74) is 14.0. The van der Waals surface area contributed by atoms with Crippen molar-refractivity contribution in [2.45, 2.75) is 0 Å². The lowest BCUT2D eigenvalue weighted by molar-refractivity contribution is 1.18. The lowest BCUT2D eigenvalue weighted by atomic mass is 9.98. The first-order valence-electron chi connectivity index (χ1n) is 18.5. The zero-order chi connectivity index (χ0) is 35.8. The Hall–Kier alpha value is -7.16. The highest BCUT2D eigenvalue weighted by Crippen LogP contribution is 2.47. The van der Waals surface area contributed by atoms with Crippen LogP contribution in [0.4, 0.5) is 17.1 Å². The fourth-order valence-corrected chi connectivity index (χ4v) is 8.13. The first kappa shape index (κ1) is 31.6. The SMILES string of the molecule is c1ccc(-c2ccc(N(c3ccccc3-c3ccccc3)c3cccc4c3c3ccccc3n4-c3cccc(-c4cccc5ccccc45)c3)cc2)cc1. The predicted octanol–water partition coefficient (Wildman–Crippen LogP) is 14.4. The molecule has 0 spiro atoms. The maximum Gasteiger partial charge on any atom is 0.0562 e. The van der Waals surface area contributed by atoms with Crippen molar-refractivity contribution in [1.29, 1.82) is 0 Å². The molecule has 1 heterocycles. The zero-order valence-corrected chi connectivity index (χ0v) is 29.7. The molecule has 2 heteroatoms. The third-order valence-corrected chi connectivity index (χ3v) is 10.6. The van der Waals surface area contributed by atoms with E-state index in [4.69, 9.17) is 0 Å². The highest BCUT2D eigenvalue weighted by atomic mass is 15.1. The van der Waals surface area contributed by atoms with E-state index in [0.717, 1.165) is 28.3 Å². The minimum Gasteiger partial charge on any atom is -0.309 e. The number of aromatic nitrogens is 1. The molecule has 0 aliphatic heterocycles. The molecule has 0 radical (unpaired) electrons. The molecular weight excluding hydrogens is 653 g/mol. The van der Waals surface area contributed by atoms with Gasteiger partial charge in [-0.15, -0.1) is 0 Å². The van der Waals surface area contributed by atoms with E-state index in [0.29, 0.717) is 0 Å². The summed E-state index contributed by atoms with van der Waals surface area (Å²) < 4.78 is 2.43. The van der Waals surface area contributed by atoms with Gasteiger partial charge >= 0.3 is 0 Å². The summed E-state index contributed by atoms with van der Waals surface area (Å²) in [4.78, 5) is 2.45. The van der Waals surface area contributed by atoms with Crippen LogP contribution in [0.3, 0.4) is 0 Å². The minimum atomic E-state index is 1.10. The number of hydrogen-bond acceptors (Lipinski definition) is 1. The lowest BCUT2D eigenvalue weighted by Crippen LogP contribution is -2.11. The molecule has 0 fully saturated rings. The van der Waals surface area contributed by atoms with Crippen molar-refractivity contribution in [2.75, 3.05) is 4.90 Å². The van der Waals surface area contributed by atoms with Gasteiger partial charge in [0, 0.05) is 27.7 Å². The number of benzene rings is 9. The first-order chi connectivity index (χ1) is 26.8. The van der Waals surface area contributed by atoms with Crippen molar-refractivity contribution in [3.05, 3.63) is 218 Å². The van der Waals surface area contributed by atoms with Crippen LogP contribution in [-0.2, 0) is 0 Å². The number of rotatable bonds is 7. The molecule has 0 saturated heterocycles. The second-order valence-corrected chi connectivity index (χ2v) is 13.7. The fourth-order valence-electron chi connectivity index (χ4n) is 8.13. The van der Waals surface area contributed by atoms with E-state index in [1.807, 2.05) is 0 Å². The lowest BCUT2D eigenvalue weighted by Gasteiger charge is -2.29. The molecule has 0 bridgehead atoms. The molecule has 10 aromatic rings. The topological polar surface area (TPSA) is 8.17 Å². The highest BCUT2D eigenvalue weighted by Gasteiger charge is 2.23. The molecule has 0 atom stereocenters. The van der Waals surface area contributed by atoms with Crippen molar-refractivity contribution in [1.82, 2.24) is 4.57 Å². The average Bonchev–Trinajstić information content (AvgIpc) is 3.60. The number of hydrogen-bond donors (Lipinski definition) is 0. The standard InChI is InChI=1S/C52H36N2/c1-3-16-37(17-4-1)38-32-34-42(35-33-38)53(48-28-11-9-25-46(48)40-18-5-2-6-19-40)50-30-15-31-51-52(50)47-26-10-12-29-49(47)54(51)43-23-13-22-41(36-43)45-27-14-21-39-20-7-8-24-44(39)45/h1-36H. The minimum absolute atomic E-state index is 1.10. The largest absolute Gasteiger partial charge is 0.309 e. The molecule has 0 aliphatic rings. The van der Waals surface area contributed by atoms with Crippen molar-refractivity contribution in [3.63, 3.8) is 0 Å². The fraction of sp³-hybridized carbons (Fsp3) is 0. The summed E-state index contributed by atoms with van der Waals surface area (Å²) >= 11 is 0. The summed E-state index contributed by atoms with van der Waals surface area (Å²) in [5.74, 6) is 0. The molecular formula is C52H36N2. The second kappa shape index (κ2) is 13.4. The zero-order valence-electron chi connectivity index (χ0n) is 29.7. The summed E-state index contributed by atoms with van der Waals surface area (Å²) in [5, 5.41) is 4.92. The van der Waals surface area contributed by atoms with E-state index >= 15 is 0 Å². The van der Waals surface area contributed by atoms with Crippen molar-refractivity contribution < 1.29 is 0 Å². The normalized spacial score (nSPS) is 11.3. The van der Waals surface area contributed by atoms with Crippen LogP contribution in [0.25, 0.3) is 71.6 Å². The van der Waals surface area contributed by atoms with Gasteiger partial charge < -0.3 is 9.47 Å². The Labute approximate surface area is 315 Å². The van der Waals surface area contributed by atoms with Crippen molar-refractivity contribution in [3.8, 4) is 39.1 Å². The number of fused-ring (bicyclic) bond motifs is 4.